The zero-order chi connectivity index (χ0) is 22.5. The molecular formula is C22H25N3O6. The van der Waals surface area contributed by atoms with Crippen LogP contribution >= 0.6 is 0 Å². The highest BCUT2D eigenvalue weighted by Crippen LogP contribution is 2.01. The van der Waals surface area contributed by atoms with E-state index in [0.29, 0.717) is 0 Å². The molecule has 3 amide bonds. The summed E-state index contributed by atoms with van der Waals surface area (Å²) in [6, 6.07) is 17.3. The maximum atomic E-state index is 12.0. The largest absolute Gasteiger partial charge is 0.460 e. The van der Waals surface area contributed by atoms with Crippen molar-refractivity contribution in [2.45, 2.75) is 26.2 Å². The lowest BCUT2D eigenvalue weighted by Crippen LogP contribution is -2.48. The zero-order valence-electron chi connectivity index (χ0n) is 17.1. The number of carbonyl (C=O) groups excluding carboxylic acids is 4. The molecule has 9 nitrogen and oxygen atoms in total. The van der Waals surface area contributed by atoms with Crippen LogP contribution in [0.4, 0.5) is 4.79 Å². The Kier molecular flexibility index (Phi) is 9.54. The summed E-state index contributed by atoms with van der Waals surface area (Å²) in [4.78, 5) is 47.2. The molecule has 0 saturated heterocycles. The van der Waals surface area contributed by atoms with E-state index < -0.39 is 29.9 Å². The Morgan fingerprint density at radius 2 is 1.32 bits per heavy atom. The monoisotopic (exact) mass is 427 g/mol. The molecule has 1 atom stereocenters. The highest BCUT2D eigenvalue weighted by Gasteiger charge is 2.17. The van der Waals surface area contributed by atoms with Crippen molar-refractivity contribution < 1.29 is 28.7 Å². The molecule has 0 radical (unpaired) electrons. The molecule has 0 aliphatic heterocycles. The van der Waals surface area contributed by atoms with Crippen molar-refractivity contribution in [3.05, 3.63) is 71.8 Å². The zero-order valence-corrected chi connectivity index (χ0v) is 17.1. The van der Waals surface area contributed by atoms with E-state index >= 15 is 0 Å². The van der Waals surface area contributed by atoms with Gasteiger partial charge < -0.3 is 25.4 Å². The lowest BCUT2D eigenvalue weighted by atomic mass is 10.2. The number of alkyl carbamates (subject to hydrolysis) is 1. The second kappa shape index (κ2) is 12.6. The van der Waals surface area contributed by atoms with Crippen LogP contribution in [0.2, 0.25) is 0 Å². The molecule has 2 rings (SSSR count). The molecule has 0 unspecified atom stereocenters. The van der Waals surface area contributed by atoms with Gasteiger partial charge in [-0.2, -0.15) is 0 Å². The van der Waals surface area contributed by atoms with Gasteiger partial charge in [0.25, 0.3) is 0 Å². The van der Waals surface area contributed by atoms with Gasteiger partial charge in [0.2, 0.25) is 11.8 Å². The van der Waals surface area contributed by atoms with Gasteiger partial charge in [0.05, 0.1) is 0 Å². The van der Waals surface area contributed by atoms with Gasteiger partial charge in [0.1, 0.15) is 32.3 Å². The smallest absolute Gasteiger partial charge is 0.407 e. The summed E-state index contributed by atoms with van der Waals surface area (Å²) in [5, 5.41) is 7.10. The Labute approximate surface area is 180 Å². The van der Waals surface area contributed by atoms with Crippen molar-refractivity contribution in [1.29, 1.82) is 0 Å². The summed E-state index contributed by atoms with van der Waals surface area (Å²) in [6.07, 6.45) is -0.753. The minimum Gasteiger partial charge on any atom is -0.460 e. The Balaban J connectivity index is 1.59. The van der Waals surface area contributed by atoms with E-state index in [9.17, 15) is 19.2 Å². The van der Waals surface area contributed by atoms with Gasteiger partial charge in [-0.15, -0.1) is 0 Å². The molecular weight excluding hydrogens is 402 g/mol. The average molecular weight is 427 g/mol. The maximum Gasteiger partial charge on any atom is 0.407 e. The summed E-state index contributed by atoms with van der Waals surface area (Å²) in [5.74, 6) is -1.74. The lowest BCUT2D eigenvalue weighted by Gasteiger charge is -2.14. The summed E-state index contributed by atoms with van der Waals surface area (Å²) in [6.45, 7) is 0.956. The Bertz CT molecular complexity index is 873. The van der Waals surface area contributed by atoms with Crippen molar-refractivity contribution >= 4 is 23.9 Å². The number of benzene rings is 2. The Hall–Kier alpha value is -3.88. The summed E-state index contributed by atoms with van der Waals surface area (Å²) < 4.78 is 10.0. The molecule has 2 aromatic carbocycles. The van der Waals surface area contributed by atoms with Crippen LogP contribution in [-0.2, 0) is 37.1 Å². The third kappa shape index (κ3) is 9.44. The number of hydrogen-bond donors (Lipinski definition) is 3. The first-order valence-electron chi connectivity index (χ1n) is 9.65. The molecule has 0 fully saturated rings. The second-order valence-corrected chi connectivity index (χ2v) is 6.57. The molecule has 164 valence electrons. The summed E-state index contributed by atoms with van der Waals surface area (Å²) in [5.41, 5.74) is 1.65. The lowest BCUT2D eigenvalue weighted by molar-refractivity contribution is -0.145. The fourth-order valence-corrected chi connectivity index (χ4v) is 2.39. The second-order valence-electron chi connectivity index (χ2n) is 6.57. The predicted octanol–water partition coefficient (Wildman–Crippen LogP) is 1.28. The number of amides is 3. The van der Waals surface area contributed by atoms with Crippen molar-refractivity contribution in [3.8, 4) is 0 Å². The standard InChI is InChI=1S/C22H25N3O6/c1-16(21(28)23-13-20(27)30-14-17-8-4-2-5-9-17)25-19(26)12-24-22(29)31-15-18-10-6-3-7-11-18/h2-11,16H,12-15H2,1H3,(H,23,28)(H,24,29)(H,25,26)/t16-/m0/s1. The highest BCUT2D eigenvalue weighted by molar-refractivity contribution is 5.90. The third-order valence-electron chi connectivity index (χ3n) is 4.03. The molecule has 3 N–H and O–H groups in total. The molecule has 2 aromatic rings. The molecule has 0 heterocycles. The number of nitrogens with one attached hydrogen (secondary N) is 3. The van der Waals surface area contributed by atoms with Gasteiger partial charge in [-0.05, 0) is 18.1 Å². The predicted molar refractivity (Wildman–Crippen MR) is 111 cm³/mol. The van der Waals surface area contributed by atoms with Gasteiger partial charge in [-0.25, -0.2) is 4.79 Å². The fourth-order valence-electron chi connectivity index (χ4n) is 2.39. The van der Waals surface area contributed by atoms with Crippen LogP contribution in [0, 0.1) is 0 Å². The first kappa shape index (κ1) is 23.4. The summed E-state index contributed by atoms with van der Waals surface area (Å²) >= 11 is 0. The first-order chi connectivity index (χ1) is 14.9. The van der Waals surface area contributed by atoms with Crippen LogP contribution in [0.3, 0.4) is 0 Å². The average Bonchev–Trinajstić information content (AvgIpc) is 2.79. The molecule has 9 heteroatoms. The Morgan fingerprint density at radius 1 is 0.774 bits per heavy atom. The minimum absolute atomic E-state index is 0.0769. The molecule has 0 aromatic heterocycles. The van der Waals surface area contributed by atoms with Crippen LogP contribution < -0.4 is 16.0 Å². The normalized spacial score (nSPS) is 11.0. The SMILES string of the molecule is C[C@H](NC(=O)CNC(=O)OCc1ccccc1)C(=O)NCC(=O)OCc1ccccc1. The molecule has 31 heavy (non-hydrogen) atoms. The van der Waals surface area contributed by atoms with Crippen molar-refractivity contribution in [3.63, 3.8) is 0 Å². The van der Waals surface area contributed by atoms with E-state index in [1.807, 2.05) is 48.5 Å². The van der Waals surface area contributed by atoms with Gasteiger partial charge >= 0.3 is 12.1 Å². The number of hydrogen-bond acceptors (Lipinski definition) is 6. The van der Waals surface area contributed by atoms with E-state index in [0.717, 1.165) is 11.1 Å². The number of esters is 1. The quantitative estimate of drug-likeness (QED) is 0.491. The molecule has 0 saturated carbocycles. The van der Waals surface area contributed by atoms with Crippen LogP contribution in [-0.4, -0.2) is 43.0 Å². The van der Waals surface area contributed by atoms with Gasteiger partial charge in [0, 0.05) is 0 Å². The minimum atomic E-state index is -0.906. The van der Waals surface area contributed by atoms with E-state index in [2.05, 4.69) is 16.0 Å². The van der Waals surface area contributed by atoms with E-state index in [1.165, 1.54) is 6.92 Å². The first-order valence-corrected chi connectivity index (χ1v) is 9.65. The van der Waals surface area contributed by atoms with Crippen molar-refractivity contribution in [1.82, 2.24) is 16.0 Å². The Morgan fingerprint density at radius 3 is 1.90 bits per heavy atom. The maximum absolute atomic E-state index is 12.0. The van der Waals surface area contributed by atoms with E-state index in [-0.39, 0.29) is 26.3 Å². The molecule has 0 aliphatic rings. The van der Waals surface area contributed by atoms with Crippen molar-refractivity contribution in [2.24, 2.45) is 0 Å². The van der Waals surface area contributed by atoms with Crippen LogP contribution in [0.15, 0.2) is 60.7 Å². The van der Waals surface area contributed by atoms with Gasteiger partial charge in [-0.1, -0.05) is 60.7 Å². The van der Waals surface area contributed by atoms with Gasteiger partial charge in [-0.3, -0.25) is 14.4 Å². The number of carbonyl (C=O) groups is 4. The van der Waals surface area contributed by atoms with Crippen LogP contribution in [0.5, 0.6) is 0 Å². The molecule has 0 aliphatic carbocycles. The van der Waals surface area contributed by atoms with Crippen molar-refractivity contribution in [2.75, 3.05) is 13.1 Å². The fraction of sp³-hybridized carbons (Fsp3) is 0.273. The van der Waals surface area contributed by atoms with Gasteiger partial charge in [0.15, 0.2) is 0 Å². The highest BCUT2D eigenvalue weighted by atomic mass is 16.5. The number of rotatable bonds is 10. The molecule has 0 spiro atoms. The number of ether oxygens (including phenoxy) is 2. The van der Waals surface area contributed by atoms with E-state index in [1.54, 1.807) is 12.1 Å². The molecule has 0 bridgehead atoms. The van der Waals surface area contributed by atoms with Crippen LogP contribution in [0.25, 0.3) is 0 Å². The third-order valence-corrected chi connectivity index (χ3v) is 4.03. The van der Waals surface area contributed by atoms with E-state index in [4.69, 9.17) is 9.47 Å². The summed E-state index contributed by atoms with van der Waals surface area (Å²) in [7, 11) is 0. The van der Waals surface area contributed by atoms with Crippen LogP contribution in [0.1, 0.15) is 18.1 Å². The topological polar surface area (TPSA) is 123 Å².